The van der Waals surface area contributed by atoms with E-state index in [1.807, 2.05) is 32.2 Å². The maximum atomic E-state index is 12.7. The molecule has 2 aliphatic rings. The van der Waals surface area contributed by atoms with Crippen LogP contribution in [0.15, 0.2) is 36.4 Å². The summed E-state index contributed by atoms with van der Waals surface area (Å²) < 4.78 is 5.55. The second kappa shape index (κ2) is 6.60. The molecule has 1 fully saturated rings. The predicted molar refractivity (Wildman–Crippen MR) is 104 cm³/mol. The lowest BCUT2D eigenvalue weighted by atomic mass is 9.84. The average molecular weight is 371 g/mol. The average Bonchev–Trinajstić information content (AvgIpc) is 2.74. The summed E-state index contributed by atoms with van der Waals surface area (Å²) in [5.74, 6) is 0.0963. The number of benzene rings is 2. The van der Waals surface area contributed by atoms with E-state index in [0.29, 0.717) is 13.2 Å². The van der Waals surface area contributed by atoms with Crippen LogP contribution in [0.5, 0.6) is 0 Å². The van der Waals surface area contributed by atoms with Crippen LogP contribution >= 0.6 is 11.6 Å². The van der Waals surface area contributed by atoms with E-state index in [9.17, 15) is 4.79 Å². The highest BCUT2D eigenvalue weighted by Crippen LogP contribution is 2.38. The number of fused-ring (bicyclic) bond motifs is 1. The molecule has 1 N–H and O–H groups in total. The summed E-state index contributed by atoms with van der Waals surface area (Å²) in [6.07, 6.45) is 1.94. The minimum Gasteiger partial charge on any atom is -0.376 e. The van der Waals surface area contributed by atoms with Gasteiger partial charge >= 0.3 is 0 Å². The van der Waals surface area contributed by atoms with E-state index in [2.05, 4.69) is 23.5 Å². The molecule has 4 nitrogen and oxygen atoms in total. The van der Waals surface area contributed by atoms with Crippen LogP contribution in [0.3, 0.4) is 0 Å². The number of amides is 1. The quantitative estimate of drug-likeness (QED) is 0.887. The molecule has 0 radical (unpaired) electrons. The van der Waals surface area contributed by atoms with Crippen LogP contribution in [0.2, 0.25) is 5.02 Å². The molecule has 0 saturated carbocycles. The molecule has 5 heteroatoms. The van der Waals surface area contributed by atoms with Crippen molar-refractivity contribution in [1.29, 1.82) is 0 Å². The summed E-state index contributed by atoms with van der Waals surface area (Å²) in [5, 5.41) is 4.39. The first-order chi connectivity index (χ1) is 12.5. The first-order valence-electron chi connectivity index (χ1n) is 9.00. The van der Waals surface area contributed by atoms with Crippen molar-refractivity contribution in [2.24, 2.45) is 0 Å². The zero-order valence-corrected chi connectivity index (χ0v) is 15.9. The monoisotopic (exact) mass is 370 g/mol. The van der Waals surface area contributed by atoms with Crippen molar-refractivity contribution in [3.8, 4) is 0 Å². The van der Waals surface area contributed by atoms with E-state index >= 15 is 0 Å². The third-order valence-corrected chi connectivity index (χ3v) is 5.90. The third-order valence-electron chi connectivity index (χ3n) is 5.49. The van der Waals surface area contributed by atoms with Gasteiger partial charge in [0.1, 0.15) is 5.54 Å². The molecule has 2 heterocycles. The smallest absolute Gasteiger partial charge is 0.253 e. The maximum absolute atomic E-state index is 12.7. The first-order valence-corrected chi connectivity index (χ1v) is 9.38. The third kappa shape index (κ3) is 2.87. The summed E-state index contributed by atoms with van der Waals surface area (Å²) in [7, 11) is 1.87. The Morgan fingerprint density at radius 1 is 1.23 bits per heavy atom. The van der Waals surface area contributed by atoms with Gasteiger partial charge in [-0.1, -0.05) is 29.8 Å². The number of halogens is 1. The molecule has 0 bridgehead atoms. The first kappa shape index (κ1) is 17.4. The SMILES string of the molecule is Cc1c(Cl)cccc1C1(Nc2ccc3c(c2)C(=O)N(C)CCC3)COC1. The fraction of sp³-hybridized carbons (Fsp3) is 0.381. The van der Waals surface area contributed by atoms with Crippen LogP contribution in [0.4, 0.5) is 5.69 Å². The Labute approximate surface area is 159 Å². The molecular weight excluding hydrogens is 348 g/mol. The van der Waals surface area contributed by atoms with Crippen LogP contribution in [-0.2, 0) is 16.7 Å². The number of nitrogens with zero attached hydrogens (tertiary/aromatic N) is 1. The molecule has 0 spiro atoms. The van der Waals surface area contributed by atoms with Crippen molar-refractivity contribution in [3.05, 3.63) is 63.7 Å². The van der Waals surface area contributed by atoms with Crippen LogP contribution in [0.25, 0.3) is 0 Å². The van der Waals surface area contributed by atoms with Gasteiger partial charge in [-0.15, -0.1) is 0 Å². The van der Waals surface area contributed by atoms with Crippen LogP contribution in [0, 0.1) is 6.92 Å². The highest BCUT2D eigenvalue weighted by molar-refractivity contribution is 6.31. The number of hydrogen-bond donors (Lipinski definition) is 1. The normalized spacial score (nSPS) is 18.7. The molecule has 136 valence electrons. The highest BCUT2D eigenvalue weighted by atomic mass is 35.5. The molecule has 0 aliphatic carbocycles. The lowest BCUT2D eigenvalue weighted by molar-refractivity contribution is -0.0449. The number of ether oxygens (including phenoxy) is 1. The van der Waals surface area contributed by atoms with E-state index in [-0.39, 0.29) is 11.4 Å². The van der Waals surface area contributed by atoms with Crippen molar-refractivity contribution in [2.75, 3.05) is 32.1 Å². The van der Waals surface area contributed by atoms with E-state index in [1.165, 1.54) is 0 Å². The van der Waals surface area contributed by atoms with Gasteiger partial charge in [-0.25, -0.2) is 0 Å². The molecule has 26 heavy (non-hydrogen) atoms. The predicted octanol–water partition coefficient (Wildman–Crippen LogP) is 4.00. The van der Waals surface area contributed by atoms with Crippen LogP contribution in [-0.4, -0.2) is 37.6 Å². The fourth-order valence-corrected chi connectivity index (χ4v) is 4.06. The zero-order chi connectivity index (χ0) is 18.3. The number of hydrogen-bond acceptors (Lipinski definition) is 3. The van der Waals surface area contributed by atoms with Gasteiger partial charge in [0, 0.05) is 29.9 Å². The summed E-state index contributed by atoms with van der Waals surface area (Å²) in [5.41, 5.74) is 4.78. The topological polar surface area (TPSA) is 41.6 Å². The van der Waals surface area contributed by atoms with Crippen LogP contribution < -0.4 is 5.32 Å². The number of carbonyl (C=O) groups is 1. The van der Waals surface area contributed by atoms with Crippen molar-refractivity contribution < 1.29 is 9.53 Å². The Morgan fingerprint density at radius 3 is 2.77 bits per heavy atom. The summed E-state index contributed by atoms with van der Waals surface area (Å²) in [4.78, 5) is 14.5. The number of aryl methyl sites for hydroxylation is 1. The molecule has 2 aromatic rings. The fourth-order valence-electron chi connectivity index (χ4n) is 3.89. The Kier molecular flexibility index (Phi) is 4.41. The Bertz CT molecular complexity index is 861. The van der Waals surface area contributed by atoms with Crippen molar-refractivity contribution in [3.63, 3.8) is 0 Å². The summed E-state index contributed by atoms with van der Waals surface area (Å²) in [6.45, 7) is 4.00. The summed E-state index contributed by atoms with van der Waals surface area (Å²) in [6, 6.07) is 12.1. The van der Waals surface area contributed by atoms with Crippen LogP contribution in [0.1, 0.15) is 33.5 Å². The molecular formula is C21H23ClN2O2. The molecule has 0 unspecified atom stereocenters. The van der Waals surface area contributed by atoms with Gasteiger partial charge in [0.2, 0.25) is 0 Å². The van der Waals surface area contributed by atoms with Gasteiger partial charge in [0.15, 0.2) is 0 Å². The molecule has 2 aliphatic heterocycles. The van der Waals surface area contributed by atoms with Gasteiger partial charge in [0.25, 0.3) is 5.91 Å². The maximum Gasteiger partial charge on any atom is 0.253 e. The van der Waals surface area contributed by atoms with Crippen molar-refractivity contribution >= 4 is 23.2 Å². The van der Waals surface area contributed by atoms with Gasteiger partial charge in [-0.05, 0) is 54.7 Å². The molecule has 4 rings (SSSR count). The van der Waals surface area contributed by atoms with Gasteiger partial charge in [-0.2, -0.15) is 0 Å². The van der Waals surface area contributed by atoms with Gasteiger partial charge < -0.3 is 15.0 Å². The second-order valence-electron chi connectivity index (χ2n) is 7.31. The lowest BCUT2D eigenvalue weighted by Gasteiger charge is -2.44. The minimum absolute atomic E-state index is 0.0963. The largest absolute Gasteiger partial charge is 0.376 e. The van der Waals surface area contributed by atoms with E-state index in [0.717, 1.165) is 52.4 Å². The Balaban J connectivity index is 1.69. The minimum atomic E-state index is -0.303. The van der Waals surface area contributed by atoms with E-state index in [1.54, 1.807) is 4.90 Å². The molecule has 0 aromatic heterocycles. The van der Waals surface area contributed by atoms with Crippen molar-refractivity contribution in [1.82, 2.24) is 4.90 Å². The number of anilines is 1. The van der Waals surface area contributed by atoms with E-state index in [4.69, 9.17) is 16.3 Å². The number of carbonyl (C=O) groups excluding carboxylic acids is 1. The van der Waals surface area contributed by atoms with E-state index < -0.39 is 0 Å². The number of nitrogens with one attached hydrogen (secondary N) is 1. The molecule has 0 atom stereocenters. The molecule has 2 aromatic carbocycles. The molecule has 1 amide bonds. The highest BCUT2D eigenvalue weighted by Gasteiger charge is 2.42. The lowest BCUT2D eigenvalue weighted by Crippen LogP contribution is -2.53. The Hall–Kier alpha value is -2.04. The van der Waals surface area contributed by atoms with Crippen molar-refractivity contribution in [2.45, 2.75) is 25.3 Å². The van der Waals surface area contributed by atoms with Gasteiger partial charge in [0.05, 0.1) is 13.2 Å². The zero-order valence-electron chi connectivity index (χ0n) is 15.1. The standard InChI is InChI=1S/C21H23ClN2O2/c1-14-18(6-3-7-19(14)22)21(12-26-13-21)23-16-9-8-15-5-4-10-24(2)20(25)17(15)11-16/h3,6-9,11,23H,4-5,10,12-13H2,1-2H3. The molecule has 1 saturated heterocycles. The summed E-state index contributed by atoms with van der Waals surface area (Å²) >= 11 is 6.33. The second-order valence-corrected chi connectivity index (χ2v) is 7.72. The Morgan fingerprint density at radius 2 is 2.04 bits per heavy atom. The number of rotatable bonds is 3. The van der Waals surface area contributed by atoms with Gasteiger partial charge in [-0.3, -0.25) is 4.79 Å².